The molecule has 1 aliphatic heterocycles. The van der Waals surface area contributed by atoms with Gasteiger partial charge in [-0.25, -0.2) is 0 Å². The summed E-state index contributed by atoms with van der Waals surface area (Å²) in [4.78, 5) is 0. The Morgan fingerprint density at radius 1 is 1.67 bits per heavy atom. The lowest BCUT2D eigenvalue weighted by molar-refractivity contribution is 0.501. The average molecular weight is 185 g/mol. The lowest BCUT2D eigenvalue weighted by Gasteiger charge is -2.28. The van der Waals surface area contributed by atoms with Crippen molar-refractivity contribution in [3.8, 4) is 0 Å². The van der Waals surface area contributed by atoms with Crippen LogP contribution in [0, 0.1) is 0 Å². The van der Waals surface area contributed by atoms with E-state index in [1.165, 1.54) is 25.0 Å². The Morgan fingerprint density at radius 3 is 3.00 bits per heavy atom. The summed E-state index contributed by atoms with van der Waals surface area (Å²) < 4.78 is 0. The highest BCUT2D eigenvalue weighted by Crippen LogP contribution is 2.28. The second-order valence-corrected chi connectivity index (χ2v) is 4.67. The maximum Gasteiger partial charge on any atom is 0.0217 e. The van der Waals surface area contributed by atoms with Gasteiger partial charge in [0.25, 0.3) is 0 Å². The molecule has 1 N–H and O–H groups in total. The Balaban J connectivity index is 2.34. The Kier molecular flexibility index (Phi) is 4.77. The average Bonchev–Trinajstić information content (AvgIpc) is 2.15. The first-order valence-corrected chi connectivity index (χ1v) is 5.83. The Hall–Kier alpha value is 0.0500. The molecule has 12 heavy (non-hydrogen) atoms. The fourth-order valence-electron chi connectivity index (χ4n) is 1.72. The predicted molar refractivity (Wildman–Crippen MR) is 57.8 cm³/mol. The first-order valence-electron chi connectivity index (χ1n) is 4.78. The minimum Gasteiger partial charge on any atom is -0.316 e. The fraction of sp³-hybridized carbons (Fsp3) is 0.800. The summed E-state index contributed by atoms with van der Waals surface area (Å²) in [5.74, 6) is 1.35. The zero-order valence-corrected chi connectivity index (χ0v) is 8.70. The van der Waals surface area contributed by atoms with Crippen LogP contribution in [0.5, 0.6) is 0 Å². The maximum atomic E-state index is 3.79. The van der Waals surface area contributed by atoms with Crippen molar-refractivity contribution < 1.29 is 0 Å². The molecule has 1 heterocycles. The van der Waals surface area contributed by atoms with Crippen molar-refractivity contribution in [3.63, 3.8) is 0 Å². The summed E-state index contributed by atoms with van der Waals surface area (Å²) in [5, 5.41) is 4.20. The highest BCUT2D eigenvalue weighted by molar-refractivity contribution is 8.00. The lowest BCUT2D eigenvalue weighted by Crippen LogP contribution is -2.36. The van der Waals surface area contributed by atoms with Crippen molar-refractivity contribution in [1.29, 1.82) is 0 Å². The standard InChI is InChI=1S/C10H19NS/c1-3-6-9(11-2)10-7-4-5-8-12-10/h3,9-11H,1,4-8H2,2H3. The third-order valence-electron chi connectivity index (χ3n) is 2.46. The Bertz CT molecular complexity index is 130. The van der Waals surface area contributed by atoms with Gasteiger partial charge < -0.3 is 5.32 Å². The Labute approximate surface area is 80.0 Å². The third-order valence-corrected chi connectivity index (χ3v) is 3.97. The second-order valence-electron chi connectivity index (χ2n) is 3.32. The zero-order valence-electron chi connectivity index (χ0n) is 7.88. The molecular formula is C10H19NS. The van der Waals surface area contributed by atoms with Crippen LogP contribution < -0.4 is 5.32 Å². The number of nitrogens with one attached hydrogen (secondary N) is 1. The molecule has 0 aromatic carbocycles. The van der Waals surface area contributed by atoms with Crippen LogP contribution in [0.25, 0.3) is 0 Å². The van der Waals surface area contributed by atoms with Gasteiger partial charge in [-0.2, -0.15) is 11.8 Å². The van der Waals surface area contributed by atoms with E-state index in [9.17, 15) is 0 Å². The predicted octanol–water partition coefficient (Wildman–Crippen LogP) is 2.44. The molecule has 1 saturated heterocycles. The number of thioether (sulfide) groups is 1. The van der Waals surface area contributed by atoms with E-state index in [4.69, 9.17) is 0 Å². The van der Waals surface area contributed by atoms with Gasteiger partial charge in [-0.1, -0.05) is 12.5 Å². The topological polar surface area (TPSA) is 12.0 Å². The molecular weight excluding hydrogens is 166 g/mol. The van der Waals surface area contributed by atoms with Crippen molar-refractivity contribution in [3.05, 3.63) is 12.7 Å². The molecule has 0 bridgehead atoms. The van der Waals surface area contributed by atoms with E-state index in [0.717, 1.165) is 11.7 Å². The highest BCUT2D eigenvalue weighted by atomic mass is 32.2. The first-order chi connectivity index (χ1) is 5.88. The SMILES string of the molecule is C=CCC(NC)C1CCCCS1. The summed E-state index contributed by atoms with van der Waals surface area (Å²) in [6, 6.07) is 0.646. The Morgan fingerprint density at radius 2 is 2.50 bits per heavy atom. The van der Waals surface area contributed by atoms with Gasteiger partial charge in [0.05, 0.1) is 0 Å². The van der Waals surface area contributed by atoms with E-state index < -0.39 is 0 Å². The summed E-state index contributed by atoms with van der Waals surface area (Å²) in [6.07, 6.45) is 7.33. The van der Waals surface area contributed by atoms with Gasteiger partial charge in [-0.3, -0.25) is 0 Å². The molecule has 2 heteroatoms. The zero-order chi connectivity index (χ0) is 8.81. The highest BCUT2D eigenvalue weighted by Gasteiger charge is 2.21. The minimum atomic E-state index is 0.646. The van der Waals surface area contributed by atoms with Gasteiger partial charge in [0.1, 0.15) is 0 Å². The molecule has 0 radical (unpaired) electrons. The molecule has 1 fully saturated rings. The van der Waals surface area contributed by atoms with Crippen LogP contribution in [0.2, 0.25) is 0 Å². The molecule has 0 spiro atoms. The van der Waals surface area contributed by atoms with Gasteiger partial charge in [0, 0.05) is 11.3 Å². The van der Waals surface area contributed by atoms with Crippen LogP contribution >= 0.6 is 11.8 Å². The van der Waals surface area contributed by atoms with E-state index in [2.05, 4.69) is 30.7 Å². The van der Waals surface area contributed by atoms with E-state index in [1.54, 1.807) is 0 Å². The fourth-order valence-corrected chi connectivity index (χ4v) is 3.20. The molecule has 1 rings (SSSR count). The molecule has 0 saturated carbocycles. The van der Waals surface area contributed by atoms with Crippen molar-refractivity contribution in [2.45, 2.75) is 37.0 Å². The molecule has 0 aromatic heterocycles. The van der Waals surface area contributed by atoms with Gasteiger partial charge >= 0.3 is 0 Å². The second kappa shape index (κ2) is 5.65. The maximum absolute atomic E-state index is 3.79. The summed E-state index contributed by atoms with van der Waals surface area (Å²) in [5.41, 5.74) is 0. The smallest absolute Gasteiger partial charge is 0.0217 e. The molecule has 70 valence electrons. The van der Waals surface area contributed by atoms with E-state index in [0.29, 0.717) is 6.04 Å². The van der Waals surface area contributed by atoms with Crippen molar-refractivity contribution in [2.24, 2.45) is 0 Å². The van der Waals surface area contributed by atoms with Crippen molar-refractivity contribution >= 4 is 11.8 Å². The number of hydrogen-bond acceptors (Lipinski definition) is 2. The van der Waals surface area contributed by atoms with Gasteiger partial charge in [0.2, 0.25) is 0 Å². The van der Waals surface area contributed by atoms with Crippen LogP contribution in [0.15, 0.2) is 12.7 Å². The van der Waals surface area contributed by atoms with Gasteiger partial charge in [-0.15, -0.1) is 6.58 Å². The van der Waals surface area contributed by atoms with E-state index in [1.807, 2.05) is 6.08 Å². The van der Waals surface area contributed by atoms with Crippen LogP contribution in [0.1, 0.15) is 25.7 Å². The quantitative estimate of drug-likeness (QED) is 0.675. The lowest BCUT2D eigenvalue weighted by atomic mass is 10.0. The van der Waals surface area contributed by atoms with E-state index >= 15 is 0 Å². The van der Waals surface area contributed by atoms with E-state index in [-0.39, 0.29) is 0 Å². The largest absolute Gasteiger partial charge is 0.316 e. The van der Waals surface area contributed by atoms with Gasteiger partial charge in [-0.05, 0) is 32.1 Å². The number of rotatable bonds is 4. The minimum absolute atomic E-state index is 0.646. The van der Waals surface area contributed by atoms with Crippen molar-refractivity contribution in [1.82, 2.24) is 5.32 Å². The summed E-state index contributed by atoms with van der Waals surface area (Å²) >= 11 is 2.13. The summed E-state index contributed by atoms with van der Waals surface area (Å²) in [6.45, 7) is 3.79. The van der Waals surface area contributed by atoms with Crippen LogP contribution in [0.3, 0.4) is 0 Å². The monoisotopic (exact) mass is 185 g/mol. The van der Waals surface area contributed by atoms with Crippen molar-refractivity contribution in [2.75, 3.05) is 12.8 Å². The van der Waals surface area contributed by atoms with Crippen LogP contribution in [-0.2, 0) is 0 Å². The molecule has 0 aliphatic carbocycles. The van der Waals surface area contributed by atoms with Crippen LogP contribution in [-0.4, -0.2) is 24.1 Å². The number of hydrogen-bond donors (Lipinski definition) is 1. The summed E-state index contributed by atoms with van der Waals surface area (Å²) in [7, 11) is 2.06. The molecule has 1 nitrogen and oxygen atoms in total. The molecule has 0 aromatic rings. The molecule has 2 atom stereocenters. The third kappa shape index (κ3) is 2.83. The van der Waals surface area contributed by atoms with Gasteiger partial charge in [0.15, 0.2) is 0 Å². The molecule has 0 amide bonds. The van der Waals surface area contributed by atoms with Crippen LogP contribution in [0.4, 0.5) is 0 Å². The normalized spacial score (nSPS) is 26.6. The first kappa shape index (κ1) is 10.1. The molecule has 2 unspecified atom stereocenters. The molecule has 1 aliphatic rings.